The third kappa shape index (κ3) is 3.85. The minimum absolute atomic E-state index is 0.0501. The van der Waals surface area contributed by atoms with Gasteiger partial charge >= 0.3 is 0 Å². The van der Waals surface area contributed by atoms with Crippen molar-refractivity contribution >= 4 is 39.9 Å². The van der Waals surface area contributed by atoms with Crippen LogP contribution in [-0.4, -0.2) is 59.5 Å². The number of pyridine rings is 1. The quantitative estimate of drug-likeness (QED) is 0.551. The molecule has 1 fully saturated rings. The molecule has 0 bridgehead atoms. The van der Waals surface area contributed by atoms with Gasteiger partial charge in [0.05, 0.1) is 16.3 Å². The van der Waals surface area contributed by atoms with E-state index in [1.165, 1.54) is 24.3 Å². The summed E-state index contributed by atoms with van der Waals surface area (Å²) in [5.41, 5.74) is 0.231. The topological polar surface area (TPSA) is 83.0 Å². The first-order chi connectivity index (χ1) is 16.8. The lowest BCUT2D eigenvalue weighted by molar-refractivity contribution is -0.126. The summed E-state index contributed by atoms with van der Waals surface area (Å²) < 4.78 is 36.1. The number of carbonyl (C=O) groups excluding carboxylic acids is 2. The summed E-state index contributed by atoms with van der Waals surface area (Å²) in [6.07, 6.45) is 1.30. The number of rotatable bonds is 3. The molecule has 0 atom stereocenters. The number of phenols is 1. The number of carbonyl (C=O) groups is 2. The summed E-state index contributed by atoms with van der Waals surface area (Å²) in [6, 6.07) is 5.10. The van der Waals surface area contributed by atoms with Crippen molar-refractivity contribution in [2.24, 2.45) is 0 Å². The van der Waals surface area contributed by atoms with E-state index in [0.29, 0.717) is 42.8 Å². The molecule has 35 heavy (non-hydrogen) atoms. The second-order valence-electron chi connectivity index (χ2n) is 8.34. The number of piperazine rings is 1. The van der Waals surface area contributed by atoms with E-state index in [1.54, 1.807) is 4.90 Å². The van der Waals surface area contributed by atoms with Gasteiger partial charge in [-0.15, -0.1) is 0 Å². The Hall–Kier alpha value is -3.72. The van der Waals surface area contributed by atoms with Crippen molar-refractivity contribution in [3.8, 4) is 22.8 Å². The maximum atomic E-state index is 16.0. The van der Waals surface area contributed by atoms with E-state index >= 15 is 4.39 Å². The van der Waals surface area contributed by atoms with E-state index in [4.69, 9.17) is 16.3 Å². The van der Waals surface area contributed by atoms with Gasteiger partial charge in [-0.05, 0) is 24.3 Å². The number of aromatic nitrogens is 1. The smallest absolute Gasteiger partial charge is 0.246 e. The molecule has 10 heteroatoms. The molecule has 2 aromatic carbocycles. The lowest BCUT2D eigenvalue weighted by Gasteiger charge is -2.37. The molecular weight excluding hydrogens is 480 g/mol. The maximum Gasteiger partial charge on any atom is 0.246 e. The van der Waals surface area contributed by atoms with Crippen LogP contribution >= 0.6 is 11.6 Å². The summed E-state index contributed by atoms with van der Waals surface area (Å²) in [5, 5.41) is 10.4. The lowest BCUT2D eigenvalue weighted by Crippen LogP contribution is -2.48. The molecule has 5 rings (SSSR count). The van der Waals surface area contributed by atoms with E-state index in [-0.39, 0.29) is 52.3 Å². The molecule has 1 amide bonds. The number of benzene rings is 2. The number of hydrogen-bond acceptors (Lipinski definition) is 6. The molecule has 2 aliphatic rings. The van der Waals surface area contributed by atoms with Crippen LogP contribution in [0.4, 0.5) is 14.5 Å². The molecule has 0 aliphatic carbocycles. The summed E-state index contributed by atoms with van der Waals surface area (Å²) in [5.74, 6) is -2.45. The van der Waals surface area contributed by atoms with Crippen molar-refractivity contribution in [1.82, 2.24) is 9.88 Å². The van der Waals surface area contributed by atoms with E-state index in [9.17, 15) is 19.1 Å². The first-order valence-corrected chi connectivity index (χ1v) is 11.3. The molecule has 180 valence electrons. The van der Waals surface area contributed by atoms with E-state index in [1.807, 2.05) is 4.90 Å². The molecule has 0 radical (unpaired) electrons. The fraction of sp³-hybridized carbons (Fsp3) is 0.240. The largest absolute Gasteiger partial charge is 0.507 e. The van der Waals surface area contributed by atoms with Crippen LogP contribution in [0, 0.1) is 11.6 Å². The molecule has 1 N–H and O–H groups in total. The van der Waals surface area contributed by atoms with Crippen LogP contribution < -0.4 is 9.64 Å². The lowest BCUT2D eigenvalue weighted by atomic mass is 9.96. The van der Waals surface area contributed by atoms with Gasteiger partial charge in [-0.1, -0.05) is 24.2 Å². The number of aromatic hydroxyl groups is 1. The van der Waals surface area contributed by atoms with Gasteiger partial charge in [0.2, 0.25) is 11.8 Å². The Morgan fingerprint density at radius 1 is 1.20 bits per heavy atom. The summed E-state index contributed by atoms with van der Waals surface area (Å²) in [6.45, 7) is 4.94. The fourth-order valence-corrected chi connectivity index (χ4v) is 4.92. The summed E-state index contributed by atoms with van der Waals surface area (Å²) in [7, 11) is 0. The van der Waals surface area contributed by atoms with Crippen molar-refractivity contribution in [1.29, 1.82) is 0 Å². The summed E-state index contributed by atoms with van der Waals surface area (Å²) in [4.78, 5) is 32.1. The monoisotopic (exact) mass is 499 g/mol. The second-order valence-corrected chi connectivity index (χ2v) is 8.75. The van der Waals surface area contributed by atoms with Gasteiger partial charge in [-0.3, -0.25) is 9.59 Å². The van der Waals surface area contributed by atoms with Crippen molar-refractivity contribution in [3.05, 3.63) is 59.1 Å². The minimum atomic E-state index is -0.919. The first kappa shape index (κ1) is 23.0. The third-order valence-corrected chi connectivity index (χ3v) is 6.57. The zero-order chi connectivity index (χ0) is 24.9. The highest BCUT2D eigenvalue weighted by Gasteiger charge is 2.32. The molecule has 7 nitrogen and oxygen atoms in total. The van der Waals surface area contributed by atoms with Crippen LogP contribution in [0.15, 0.2) is 36.9 Å². The van der Waals surface area contributed by atoms with Gasteiger partial charge < -0.3 is 19.6 Å². The van der Waals surface area contributed by atoms with Crippen LogP contribution in [0.2, 0.25) is 5.02 Å². The number of phenolic OH excluding ortho intramolecular Hbond substituents is 1. The molecular formula is C25H20ClF2N3O4. The average molecular weight is 500 g/mol. The van der Waals surface area contributed by atoms with E-state index < -0.39 is 17.4 Å². The molecule has 1 aromatic heterocycles. The second kappa shape index (κ2) is 8.81. The number of Topliss-reactive ketones (excluding diaryl/α,β-unsaturated/α-hetero) is 1. The maximum absolute atomic E-state index is 16.0. The highest BCUT2D eigenvalue weighted by molar-refractivity contribution is 6.34. The van der Waals surface area contributed by atoms with Gasteiger partial charge in [0, 0.05) is 49.1 Å². The predicted molar refractivity (Wildman–Crippen MR) is 127 cm³/mol. The first-order valence-electron chi connectivity index (χ1n) is 10.9. The van der Waals surface area contributed by atoms with Crippen LogP contribution in [0.1, 0.15) is 5.56 Å². The Balaban J connectivity index is 1.72. The number of fused-ring (bicyclic) bond motifs is 2. The third-order valence-electron chi connectivity index (χ3n) is 6.27. The molecule has 0 spiro atoms. The number of amides is 1. The van der Waals surface area contributed by atoms with Crippen LogP contribution in [-0.2, 0) is 16.0 Å². The van der Waals surface area contributed by atoms with Gasteiger partial charge in [0.1, 0.15) is 23.7 Å². The van der Waals surface area contributed by atoms with Crippen molar-refractivity contribution in [3.63, 3.8) is 0 Å². The Morgan fingerprint density at radius 2 is 1.94 bits per heavy atom. The highest BCUT2D eigenvalue weighted by Crippen LogP contribution is 2.45. The normalized spacial score (nSPS) is 15.7. The Labute approximate surface area is 204 Å². The van der Waals surface area contributed by atoms with Crippen LogP contribution in [0.5, 0.6) is 11.6 Å². The fourth-order valence-electron chi connectivity index (χ4n) is 4.64. The average Bonchev–Trinajstić information content (AvgIpc) is 2.84. The van der Waals surface area contributed by atoms with Crippen molar-refractivity contribution in [2.45, 2.75) is 6.42 Å². The zero-order valence-corrected chi connectivity index (χ0v) is 19.2. The SMILES string of the molecule is C=CC(=O)N1CCN(c2c3c(nc4c(F)c(-c5c(O)cccc5F)c(Cl)cc24)OCC(=O)C3)CC1. The Morgan fingerprint density at radius 3 is 2.63 bits per heavy atom. The number of nitrogens with zero attached hydrogens (tertiary/aromatic N) is 3. The van der Waals surface area contributed by atoms with Crippen LogP contribution in [0.3, 0.4) is 0 Å². The Kier molecular flexibility index (Phi) is 5.80. The number of halogens is 3. The van der Waals surface area contributed by atoms with Crippen molar-refractivity contribution in [2.75, 3.05) is 37.7 Å². The highest BCUT2D eigenvalue weighted by atomic mass is 35.5. The zero-order valence-electron chi connectivity index (χ0n) is 18.5. The van der Waals surface area contributed by atoms with Crippen LogP contribution in [0.25, 0.3) is 22.0 Å². The molecule has 1 saturated heterocycles. The van der Waals surface area contributed by atoms with E-state index in [2.05, 4.69) is 11.6 Å². The number of hydrogen-bond donors (Lipinski definition) is 1. The summed E-state index contributed by atoms with van der Waals surface area (Å²) >= 11 is 6.47. The number of anilines is 1. The van der Waals surface area contributed by atoms with E-state index in [0.717, 1.165) is 6.07 Å². The predicted octanol–water partition coefficient (Wildman–Crippen LogP) is 3.88. The van der Waals surface area contributed by atoms with Gasteiger partial charge in [0.15, 0.2) is 11.6 Å². The van der Waals surface area contributed by atoms with Gasteiger partial charge in [0.25, 0.3) is 0 Å². The minimum Gasteiger partial charge on any atom is -0.507 e. The molecule has 3 heterocycles. The Bertz CT molecular complexity index is 1380. The number of ketones is 1. The molecule has 0 unspecified atom stereocenters. The molecule has 0 saturated carbocycles. The number of ether oxygens (including phenoxy) is 1. The molecule has 3 aromatic rings. The van der Waals surface area contributed by atoms with Gasteiger partial charge in [-0.2, -0.15) is 0 Å². The molecule has 2 aliphatic heterocycles. The van der Waals surface area contributed by atoms with Gasteiger partial charge in [-0.25, -0.2) is 13.8 Å². The standard InChI is InChI=1S/C25H20ClF2N3O4/c1-2-19(34)30-6-8-31(9-7-30)24-14-11-16(26)20(21-17(27)4-3-5-18(21)33)22(28)23(14)29-25-15(24)10-13(32)12-35-25/h2-5,11,33H,1,6-10,12H2. The van der Waals surface area contributed by atoms with Crippen molar-refractivity contribution < 1.29 is 28.2 Å².